The number of fused-ring (bicyclic) bond motifs is 2. The maximum Gasteiger partial charge on any atom is 0.264 e. The highest BCUT2D eigenvalue weighted by Crippen LogP contribution is 2.29. The van der Waals surface area contributed by atoms with Gasteiger partial charge in [0, 0.05) is 18.1 Å². The van der Waals surface area contributed by atoms with Gasteiger partial charge < -0.3 is 5.32 Å². The lowest BCUT2D eigenvalue weighted by atomic mass is 10.1. The highest BCUT2D eigenvalue weighted by Gasteiger charge is 2.19. The summed E-state index contributed by atoms with van der Waals surface area (Å²) in [6.07, 6.45) is 3.42. The van der Waals surface area contributed by atoms with Crippen molar-refractivity contribution in [1.82, 2.24) is 14.5 Å². The van der Waals surface area contributed by atoms with E-state index < -0.39 is 5.82 Å². The van der Waals surface area contributed by atoms with E-state index in [0.29, 0.717) is 21.8 Å². The van der Waals surface area contributed by atoms with E-state index in [4.69, 9.17) is 11.6 Å². The summed E-state index contributed by atoms with van der Waals surface area (Å²) in [7, 11) is 0. The predicted octanol–water partition coefficient (Wildman–Crippen LogP) is 5.90. The van der Waals surface area contributed by atoms with Gasteiger partial charge in [-0.2, -0.15) is 0 Å². The largest absolute Gasteiger partial charge is 0.375 e. The van der Waals surface area contributed by atoms with E-state index in [-0.39, 0.29) is 11.6 Å². The zero-order chi connectivity index (χ0) is 22.2. The van der Waals surface area contributed by atoms with E-state index in [9.17, 15) is 9.18 Å². The Morgan fingerprint density at radius 1 is 1.00 bits per heavy atom. The summed E-state index contributed by atoms with van der Waals surface area (Å²) in [5, 5.41) is 4.91. The molecule has 3 aromatic heterocycles. The molecule has 158 valence electrons. The minimum Gasteiger partial charge on any atom is -0.375 e. The third-order valence-corrected chi connectivity index (χ3v) is 5.72. The molecular weight excluding hydrogens is 427 g/mol. The highest BCUT2D eigenvalue weighted by atomic mass is 35.5. The smallest absolute Gasteiger partial charge is 0.264 e. The van der Waals surface area contributed by atoms with Gasteiger partial charge >= 0.3 is 0 Å². The molecule has 0 radical (unpaired) electrons. The van der Waals surface area contributed by atoms with Crippen LogP contribution in [-0.4, -0.2) is 14.5 Å². The van der Waals surface area contributed by atoms with Crippen LogP contribution in [0, 0.1) is 5.82 Å². The minimum atomic E-state index is -0.426. The van der Waals surface area contributed by atoms with Crippen LogP contribution in [-0.2, 0) is 0 Å². The van der Waals surface area contributed by atoms with Gasteiger partial charge in [0.05, 0.1) is 33.3 Å². The maximum absolute atomic E-state index is 14.1. The lowest BCUT2D eigenvalue weighted by Crippen LogP contribution is -2.25. The topological polar surface area (TPSA) is 59.8 Å². The summed E-state index contributed by atoms with van der Waals surface area (Å²) < 4.78 is 15.6. The number of nitrogens with one attached hydrogen (secondary N) is 1. The van der Waals surface area contributed by atoms with E-state index in [1.54, 1.807) is 36.7 Å². The average Bonchev–Trinajstić information content (AvgIpc) is 2.79. The second-order valence-electron chi connectivity index (χ2n) is 7.49. The number of anilines is 1. The van der Waals surface area contributed by atoms with Crippen LogP contribution in [0.1, 0.15) is 18.7 Å². The van der Waals surface area contributed by atoms with Crippen molar-refractivity contribution in [3.8, 4) is 5.69 Å². The quantitative estimate of drug-likeness (QED) is 0.375. The van der Waals surface area contributed by atoms with Crippen LogP contribution in [0.25, 0.3) is 27.5 Å². The molecule has 0 bridgehead atoms. The lowest BCUT2D eigenvalue weighted by molar-refractivity contribution is 0.625. The Bertz CT molecular complexity index is 1530. The van der Waals surface area contributed by atoms with Gasteiger partial charge in [-0.25, -0.2) is 4.39 Å². The molecule has 0 spiro atoms. The van der Waals surface area contributed by atoms with E-state index in [1.807, 2.05) is 37.3 Å². The molecule has 5 nitrogen and oxygen atoms in total. The number of aromatic nitrogens is 3. The van der Waals surface area contributed by atoms with Crippen LogP contribution in [0.3, 0.4) is 0 Å². The molecule has 0 aliphatic heterocycles. The minimum absolute atomic E-state index is 0.305. The third kappa shape index (κ3) is 3.48. The number of hydrogen-bond donors (Lipinski definition) is 1. The van der Waals surface area contributed by atoms with Crippen molar-refractivity contribution >= 4 is 39.1 Å². The van der Waals surface area contributed by atoms with Crippen molar-refractivity contribution < 1.29 is 4.39 Å². The standard InChI is InChI=1S/C25H18ClFN4O/c1-15(30-21-10-12-28-20-9-4-11-29-24(20)21)22-13-16-5-2-8-19(26)23(16)25(32)31(22)18-7-3-6-17(27)14-18/h2-15H,1H3,(H,28,30)/t15-/m0/s1. The molecule has 1 N–H and O–H groups in total. The third-order valence-electron chi connectivity index (χ3n) is 5.40. The maximum atomic E-state index is 14.1. The number of halogens is 2. The molecule has 0 fully saturated rings. The van der Waals surface area contributed by atoms with Crippen molar-refractivity contribution in [1.29, 1.82) is 0 Å². The first-order valence-electron chi connectivity index (χ1n) is 10.1. The molecule has 0 aliphatic carbocycles. The van der Waals surface area contributed by atoms with Gasteiger partial charge in [-0.3, -0.25) is 19.3 Å². The van der Waals surface area contributed by atoms with Crippen molar-refractivity contribution in [2.45, 2.75) is 13.0 Å². The molecule has 7 heteroatoms. The Morgan fingerprint density at radius 2 is 1.84 bits per heavy atom. The zero-order valence-electron chi connectivity index (χ0n) is 17.1. The summed E-state index contributed by atoms with van der Waals surface area (Å²) in [6, 6.07) is 18.4. The summed E-state index contributed by atoms with van der Waals surface area (Å²) in [5.41, 5.74) is 3.06. The Labute approximate surface area is 188 Å². The lowest BCUT2D eigenvalue weighted by Gasteiger charge is -2.22. The first kappa shape index (κ1) is 20.2. The zero-order valence-corrected chi connectivity index (χ0v) is 17.8. The van der Waals surface area contributed by atoms with Gasteiger partial charge in [0.25, 0.3) is 5.56 Å². The highest BCUT2D eigenvalue weighted by molar-refractivity contribution is 6.35. The monoisotopic (exact) mass is 444 g/mol. The van der Waals surface area contributed by atoms with E-state index in [1.165, 1.54) is 16.7 Å². The van der Waals surface area contributed by atoms with Gasteiger partial charge in [-0.1, -0.05) is 29.8 Å². The average molecular weight is 445 g/mol. The summed E-state index contributed by atoms with van der Waals surface area (Å²) in [4.78, 5) is 22.3. The fourth-order valence-corrected chi connectivity index (χ4v) is 4.21. The first-order valence-corrected chi connectivity index (χ1v) is 10.5. The number of hydrogen-bond acceptors (Lipinski definition) is 4. The van der Waals surface area contributed by atoms with Crippen molar-refractivity contribution in [2.24, 2.45) is 0 Å². The van der Waals surface area contributed by atoms with Gasteiger partial charge in [0.15, 0.2) is 0 Å². The summed E-state index contributed by atoms with van der Waals surface area (Å²) in [5.74, 6) is -0.426. The number of rotatable bonds is 4. The molecule has 1 atom stereocenters. The first-order chi connectivity index (χ1) is 15.5. The van der Waals surface area contributed by atoms with Gasteiger partial charge in [0.2, 0.25) is 0 Å². The van der Waals surface area contributed by atoms with E-state index in [0.717, 1.165) is 22.1 Å². The number of benzene rings is 2. The molecule has 2 aromatic carbocycles. The molecule has 32 heavy (non-hydrogen) atoms. The molecule has 3 heterocycles. The van der Waals surface area contributed by atoms with Gasteiger partial charge in [0.1, 0.15) is 11.3 Å². The van der Waals surface area contributed by atoms with Crippen LogP contribution in [0.15, 0.2) is 83.9 Å². The molecule has 5 rings (SSSR count). The second-order valence-corrected chi connectivity index (χ2v) is 7.90. The molecule has 0 unspecified atom stereocenters. The molecule has 0 aliphatic rings. The fraction of sp³-hybridized carbons (Fsp3) is 0.0800. The summed E-state index contributed by atoms with van der Waals surface area (Å²) in [6.45, 7) is 1.94. The van der Waals surface area contributed by atoms with Crippen LogP contribution in [0.5, 0.6) is 0 Å². The number of nitrogens with zero attached hydrogens (tertiary/aromatic N) is 3. The molecule has 5 aromatic rings. The molecule has 0 amide bonds. The SMILES string of the molecule is C[C@H](Nc1ccnc2cccnc12)c1cc2cccc(Cl)c2c(=O)n1-c1cccc(F)c1. The van der Waals surface area contributed by atoms with Gasteiger partial charge in [-0.15, -0.1) is 0 Å². The van der Waals surface area contributed by atoms with E-state index in [2.05, 4.69) is 15.3 Å². The predicted molar refractivity (Wildman–Crippen MR) is 126 cm³/mol. The summed E-state index contributed by atoms with van der Waals surface area (Å²) >= 11 is 6.36. The van der Waals surface area contributed by atoms with Crippen molar-refractivity contribution in [2.75, 3.05) is 5.32 Å². The fourth-order valence-electron chi connectivity index (χ4n) is 3.94. The molecular formula is C25H18ClFN4O. The van der Waals surface area contributed by atoms with Crippen LogP contribution in [0.4, 0.5) is 10.1 Å². The Balaban J connectivity index is 1.72. The Hall–Kier alpha value is -3.77. The Morgan fingerprint density at radius 3 is 2.69 bits per heavy atom. The van der Waals surface area contributed by atoms with Crippen LogP contribution >= 0.6 is 11.6 Å². The van der Waals surface area contributed by atoms with Crippen molar-refractivity contribution in [3.05, 3.63) is 106 Å². The van der Waals surface area contributed by atoms with E-state index >= 15 is 0 Å². The number of pyridine rings is 3. The molecule has 0 saturated carbocycles. The second kappa shape index (κ2) is 8.05. The molecule has 0 saturated heterocycles. The van der Waals surface area contributed by atoms with Crippen LogP contribution in [0.2, 0.25) is 5.02 Å². The normalized spacial score (nSPS) is 12.2. The Kier molecular flexibility index (Phi) is 5.07. The van der Waals surface area contributed by atoms with Gasteiger partial charge in [-0.05, 0) is 60.8 Å². The van der Waals surface area contributed by atoms with Crippen molar-refractivity contribution in [3.63, 3.8) is 0 Å². The van der Waals surface area contributed by atoms with Crippen LogP contribution < -0.4 is 10.9 Å².